The van der Waals surface area contributed by atoms with Crippen LogP contribution in [0.5, 0.6) is 0 Å². The molecule has 1 saturated heterocycles. The molecule has 110 valence electrons. The maximum absolute atomic E-state index is 12.6. The van der Waals surface area contributed by atoms with E-state index in [1.165, 1.54) is 0 Å². The van der Waals surface area contributed by atoms with Gasteiger partial charge in [0.15, 0.2) is 0 Å². The number of carbonyl (C=O) groups is 1. The van der Waals surface area contributed by atoms with Crippen LogP contribution in [-0.4, -0.2) is 39.9 Å². The number of fused-ring (bicyclic) bond motifs is 1. The number of aromatic nitrogens is 1. The highest BCUT2D eigenvalue weighted by Gasteiger charge is 2.24. The number of pyridine rings is 1. The minimum atomic E-state index is -0.0237. The zero-order valence-corrected chi connectivity index (χ0v) is 12.7. The number of amides is 1. The van der Waals surface area contributed by atoms with Gasteiger partial charge in [0.25, 0.3) is 5.91 Å². The fourth-order valence-electron chi connectivity index (χ4n) is 2.58. The SMILES string of the molecule is CC1CN(C(=O)c2cc3ccccc3c(NN)n2)CCS1. The number of hydrazine groups is 1. The lowest BCUT2D eigenvalue weighted by molar-refractivity contribution is 0.0757. The summed E-state index contributed by atoms with van der Waals surface area (Å²) in [4.78, 5) is 18.9. The van der Waals surface area contributed by atoms with E-state index in [0.717, 1.165) is 29.6 Å². The molecule has 0 bridgehead atoms. The van der Waals surface area contributed by atoms with E-state index in [0.29, 0.717) is 16.8 Å². The van der Waals surface area contributed by atoms with Crippen molar-refractivity contribution in [3.8, 4) is 0 Å². The minimum Gasteiger partial charge on any atom is -0.335 e. The third kappa shape index (κ3) is 2.82. The van der Waals surface area contributed by atoms with Gasteiger partial charge in [-0.1, -0.05) is 31.2 Å². The van der Waals surface area contributed by atoms with Crippen LogP contribution in [0.1, 0.15) is 17.4 Å². The highest BCUT2D eigenvalue weighted by atomic mass is 32.2. The number of thioether (sulfide) groups is 1. The van der Waals surface area contributed by atoms with Crippen molar-refractivity contribution >= 4 is 34.3 Å². The van der Waals surface area contributed by atoms with Crippen LogP contribution < -0.4 is 11.3 Å². The van der Waals surface area contributed by atoms with E-state index in [1.54, 1.807) is 0 Å². The average molecular weight is 302 g/mol. The second kappa shape index (κ2) is 5.91. The van der Waals surface area contributed by atoms with Crippen molar-refractivity contribution in [3.05, 3.63) is 36.0 Å². The molecule has 0 radical (unpaired) electrons. The fourth-order valence-corrected chi connectivity index (χ4v) is 3.60. The Hall–Kier alpha value is -1.79. The summed E-state index contributed by atoms with van der Waals surface area (Å²) in [5.41, 5.74) is 3.04. The highest BCUT2D eigenvalue weighted by Crippen LogP contribution is 2.24. The van der Waals surface area contributed by atoms with Crippen LogP contribution >= 0.6 is 11.8 Å². The van der Waals surface area contributed by atoms with Gasteiger partial charge in [-0.15, -0.1) is 0 Å². The summed E-state index contributed by atoms with van der Waals surface area (Å²) in [5.74, 6) is 7.03. The predicted molar refractivity (Wildman–Crippen MR) is 87.4 cm³/mol. The number of carbonyl (C=O) groups excluding carboxylic acids is 1. The minimum absolute atomic E-state index is 0.0237. The number of nitrogens with zero attached hydrogens (tertiary/aromatic N) is 2. The Morgan fingerprint density at radius 1 is 1.48 bits per heavy atom. The zero-order valence-electron chi connectivity index (χ0n) is 11.9. The van der Waals surface area contributed by atoms with E-state index in [1.807, 2.05) is 47.0 Å². The summed E-state index contributed by atoms with van der Waals surface area (Å²) in [6, 6.07) is 9.60. The Bertz CT molecular complexity index is 676. The average Bonchev–Trinajstić information content (AvgIpc) is 2.53. The third-order valence-corrected chi connectivity index (χ3v) is 4.76. The first-order valence-corrected chi connectivity index (χ1v) is 8.01. The normalized spacial score (nSPS) is 18.8. The van der Waals surface area contributed by atoms with Gasteiger partial charge in [-0.05, 0) is 11.5 Å². The molecule has 3 rings (SSSR count). The van der Waals surface area contributed by atoms with Gasteiger partial charge in [-0.2, -0.15) is 11.8 Å². The van der Waals surface area contributed by atoms with Gasteiger partial charge < -0.3 is 10.3 Å². The number of rotatable bonds is 2. The molecule has 1 aliphatic rings. The summed E-state index contributed by atoms with van der Waals surface area (Å²) in [7, 11) is 0. The van der Waals surface area contributed by atoms with Crippen molar-refractivity contribution in [2.45, 2.75) is 12.2 Å². The second-order valence-electron chi connectivity index (χ2n) is 5.15. The van der Waals surface area contributed by atoms with E-state index < -0.39 is 0 Å². The monoisotopic (exact) mass is 302 g/mol. The van der Waals surface area contributed by atoms with Crippen molar-refractivity contribution in [1.82, 2.24) is 9.88 Å². The largest absolute Gasteiger partial charge is 0.335 e. The molecule has 0 spiro atoms. The van der Waals surface area contributed by atoms with Gasteiger partial charge in [0.1, 0.15) is 11.5 Å². The van der Waals surface area contributed by atoms with Crippen molar-refractivity contribution in [1.29, 1.82) is 0 Å². The van der Waals surface area contributed by atoms with Gasteiger partial charge in [-0.3, -0.25) is 4.79 Å². The smallest absolute Gasteiger partial charge is 0.272 e. The standard InChI is InChI=1S/C15H18N4OS/c1-10-9-19(6-7-21-10)15(20)13-8-11-4-2-3-5-12(11)14(17-13)18-16/h2-5,8,10H,6-7,9,16H2,1H3,(H,17,18). The van der Waals surface area contributed by atoms with Crippen molar-refractivity contribution in [2.75, 3.05) is 24.3 Å². The molecule has 1 atom stereocenters. The summed E-state index contributed by atoms with van der Waals surface area (Å²) < 4.78 is 0. The number of hydrogen-bond donors (Lipinski definition) is 2. The van der Waals surface area contributed by atoms with Crippen LogP contribution in [0.3, 0.4) is 0 Å². The summed E-state index contributed by atoms with van der Waals surface area (Å²) in [5, 5.41) is 2.35. The lowest BCUT2D eigenvalue weighted by atomic mass is 10.1. The number of hydrogen-bond acceptors (Lipinski definition) is 5. The lowest BCUT2D eigenvalue weighted by Gasteiger charge is -2.30. The molecule has 0 aliphatic carbocycles. The molecule has 2 aromatic rings. The Kier molecular flexibility index (Phi) is 3.98. The predicted octanol–water partition coefficient (Wildman–Crippen LogP) is 2.10. The van der Waals surface area contributed by atoms with E-state index in [4.69, 9.17) is 5.84 Å². The molecule has 1 unspecified atom stereocenters. The number of nitrogens with two attached hydrogens (primary N) is 1. The van der Waals surface area contributed by atoms with Gasteiger partial charge in [-0.25, -0.2) is 10.8 Å². The summed E-state index contributed by atoms with van der Waals surface area (Å²) in [6.07, 6.45) is 0. The first-order valence-electron chi connectivity index (χ1n) is 6.96. The Morgan fingerprint density at radius 3 is 3.05 bits per heavy atom. The van der Waals surface area contributed by atoms with Crippen LogP contribution in [0, 0.1) is 0 Å². The summed E-state index contributed by atoms with van der Waals surface area (Å²) in [6.45, 7) is 3.68. The summed E-state index contributed by atoms with van der Waals surface area (Å²) >= 11 is 1.90. The highest BCUT2D eigenvalue weighted by molar-refractivity contribution is 7.99. The van der Waals surface area contributed by atoms with E-state index in [2.05, 4.69) is 17.3 Å². The first kappa shape index (κ1) is 14.2. The second-order valence-corrected chi connectivity index (χ2v) is 6.70. The van der Waals surface area contributed by atoms with Gasteiger partial charge >= 0.3 is 0 Å². The van der Waals surface area contributed by atoms with Crippen molar-refractivity contribution in [3.63, 3.8) is 0 Å². The Labute approximate surface area is 127 Å². The molecule has 2 heterocycles. The van der Waals surface area contributed by atoms with E-state index >= 15 is 0 Å². The van der Waals surface area contributed by atoms with Crippen LogP contribution in [0.4, 0.5) is 5.82 Å². The molecule has 1 fully saturated rings. The van der Waals surface area contributed by atoms with Crippen molar-refractivity contribution < 1.29 is 4.79 Å². The Morgan fingerprint density at radius 2 is 2.29 bits per heavy atom. The first-order chi connectivity index (χ1) is 10.2. The fraction of sp³-hybridized carbons (Fsp3) is 0.333. The molecule has 1 aromatic carbocycles. The molecule has 1 amide bonds. The molecule has 3 N–H and O–H groups in total. The number of anilines is 1. The van der Waals surface area contributed by atoms with Crippen LogP contribution in [0.25, 0.3) is 10.8 Å². The lowest BCUT2D eigenvalue weighted by Crippen LogP contribution is -2.41. The number of nitrogen functional groups attached to an aromatic ring is 1. The molecular formula is C15H18N4OS. The van der Waals surface area contributed by atoms with Gasteiger partial charge in [0.2, 0.25) is 0 Å². The van der Waals surface area contributed by atoms with Crippen LogP contribution in [-0.2, 0) is 0 Å². The van der Waals surface area contributed by atoms with Crippen LogP contribution in [0.2, 0.25) is 0 Å². The maximum Gasteiger partial charge on any atom is 0.272 e. The molecule has 1 aromatic heterocycles. The molecule has 21 heavy (non-hydrogen) atoms. The number of nitrogens with one attached hydrogen (secondary N) is 1. The van der Waals surface area contributed by atoms with Gasteiger partial charge in [0.05, 0.1) is 0 Å². The van der Waals surface area contributed by atoms with Crippen molar-refractivity contribution in [2.24, 2.45) is 5.84 Å². The molecule has 1 aliphatic heterocycles. The molecule has 5 nitrogen and oxygen atoms in total. The zero-order chi connectivity index (χ0) is 14.8. The molecular weight excluding hydrogens is 284 g/mol. The van der Waals surface area contributed by atoms with Crippen LogP contribution in [0.15, 0.2) is 30.3 Å². The van der Waals surface area contributed by atoms with Gasteiger partial charge in [0, 0.05) is 29.5 Å². The molecule has 6 heteroatoms. The number of benzene rings is 1. The topological polar surface area (TPSA) is 71.2 Å². The van der Waals surface area contributed by atoms with E-state index in [-0.39, 0.29) is 5.91 Å². The third-order valence-electron chi connectivity index (χ3n) is 3.62. The molecule has 0 saturated carbocycles. The quantitative estimate of drug-likeness (QED) is 0.656. The van der Waals surface area contributed by atoms with E-state index in [9.17, 15) is 4.79 Å². The Balaban J connectivity index is 1.98. The maximum atomic E-state index is 12.6.